The summed E-state index contributed by atoms with van der Waals surface area (Å²) in [6.07, 6.45) is 0. The summed E-state index contributed by atoms with van der Waals surface area (Å²) in [5, 5.41) is 9.08. The van der Waals surface area contributed by atoms with Gasteiger partial charge in [-0.15, -0.1) is 0 Å². The lowest BCUT2D eigenvalue weighted by Crippen LogP contribution is -2.15. The van der Waals surface area contributed by atoms with E-state index in [1.54, 1.807) is 0 Å². The number of carbonyl (C=O) groups is 2. The van der Waals surface area contributed by atoms with Crippen LogP contribution in [0.25, 0.3) is 10.9 Å². The van der Waals surface area contributed by atoms with Crippen LogP contribution in [-0.2, 0) is 0 Å². The maximum Gasteiger partial charge on any atom is 0.336 e. The Balaban J connectivity index is 2.94. The molecule has 0 saturated heterocycles. The number of amides is 1. The zero-order valence-electron chi connectivity index (χ0n) is 8.78. The predicted octanol–water partition coefficient (Wildman–Crippen LogP) is 1.82. The monoisotopic (exact) mass is 268 g/mol. The maximum atomic E-state index is 13.6. The molecule has 18 heavy (non-hydrogen) atoms. The summed E-state index contributed by atoms with van der Waals surface area (Å²) in [5.41, 5.74) is 4.15. The molecule has 7 heteroatoms. The van der Waals surface area contributed by atoms with E-state index < -0.39 is 17.7 Å². The van der Waals surface area contributed by atoms with Crippen LogP contribution in [-0.4, -0.2) is 22.0 Å². The van der Waals surface area contributed by atoms with Crippen molar-refractivity contribution in [2.45, 2.75) is 0 Å². The smallest absolute Gasteiger partial charge is 0.336 e. The quantitative estimate of drug-likeness (QED) is 0.869. The molecule has 5 nitrogen and oxygen atoms in total. The minimum atomic E-state index is -1.33. The van der Waals surface area contributed by atoms with Crippen LogP contribution in [0.15, 0.2) is 18.2 Å². The minimum absolute atomic E-state index is 0.0116. The predicted molar refractivity (Wildman–Crippen MR) is 62.2 cm³/mol. The summed E-state index contributed by atoms with van der Waals surface area (Å²) < 4.78 is 13.6. The van der Waals surface area contributed by atoms with Gasteiger partial charge in [0, 0.05) is 10.4 Å². The number of carbonyl (C=O) groups excluding carboxylic acids is 1. The molecule has 1 aromatic heterocycles. The normalized spacial score (nSPS) is 10.6. The Bertz CT molecular complexity index is 688. The highest BCUT2D eigenvalue weighted by Gasteiger charge is 2.17. The molecule has 92 valence electrons. The number of hydrogen-bond donors (Lipinski definition) is 2. The molecular weight excluding hydrogens is 263 g/mol. The molecule has 1 amide bonds. The number of halogens is 2. The lowest BCUT2D eigenvalue weighted by atomic mass is 10.1. The van der Waals surface area contributed by atoms with Gasteiger partial charge in [-0.25, -0.2) is 14.2 Å². The number of benzene rings is 1. The number of aromatic nitrogens is 1. The van der Waals surface area contributed by atoms with Gasteiger partial charge >= 0.3 is 5.97 Å². The van der Waals surface area contributed by atoms with Crippen molar-refractivity contribution in [3.05, 3.63) is 40.3 Å². The first-order valence-corrected chi connectivity index (χ1v) is 5.11. The van der Waals surface area contributed by atoms with Crippen LogP contribution in [0.5, 0.6) is 0 Å². The highest BCUT2D eigenvalue weighted by molar-refractivity contribution is 6.31. The number of rotatable bonds is 2. The third-order valence-corrected chi connectivity index (χ3v) is 2.53. The van der Waals surface area contributed by atoms with Gasteiger partial charge in [0.15, 0.2) is 5.82 Å². The fourth-order valence-corrected chi connectivity index (χ4v) is 1.76. The molecule has 0 aliphatic rings. The molecule has 2 aromatic rings. The van der Waals surface area contributed by atoms with Crippen LogP contribution in [0.1, 0.15) is 20.8 Å². The van der Waals surface area contributed by atoms with Crippen molar-refractivity contribution < 1.29 is 19.1 Å². The van der Waals surface area contributed by atoms with Crippen LogP contribution in [0.3, 0.4) is 0 Å². The van der Waals surface area contributed by atoms with E-state index in [1.807, 2.05) is 0 Å². The molecule has 0 unspecified atom stereocenters. The van der Waals surface area contributed by atoms with E-state index in [4.69, 9.17) is 22.4 Å². The number of primary amides is 1. The Morgan fingerprint density at radius 2 is 2.00 bits per heavy atom. The average Bonchev–Trinajstić information content (AvgIpc) is 2.27. The van der Waals surface area contributed by atoms with Gasteiger partial charge in [0.2, 0.25) is 0 Å². The van der Waals surface area contributed by atoms with E-state index in [1.165, 1.54) is 6.07 Å². The summed E-state index contributed by atoms with van der Waals surface area (Å²) in [7, 11) is 0. The van der Waals surface area contributed by atoms with Crippen LogP contribution >= 0.6 is 11.6 Å². The molecule has 1 aromatic carbocycles. The first-order valence-electron chi connectivity index (χ1n) is 4.73. The highest BCUT2D eigenvalue weighted by atomic mass is 35.5. The van der Waals surface area contributed by atoms with Crippen LogP contribution in [0.4, 0.5) is 4.39 Å². The molecular formula is C11H6ClFN2O3. The SMILES string of the molecule is NC(=O)c1cc(C(=O)O)c2cc(Cl)cc(F)c2n1. The van der Waals surface area contributed by atoms with Crippen molar-refractivity contribution in [1.29, 1.82) is 0 Å². The van der Waals surface area contributed by atoms with Gasteiger partial charge in [-0.3, -0.25) is 4.79 Å². The Labute approximate surface area is 105 Å². The van der Waals surface area contributed by atoms with Crippen molar-refractivity contribution in [3.8, 4) is 0 Å². The molecule has 0 aliphatic heterocycles. The van der Waals surface area contributed by atoms with Gasteiger partial charge in [-0.1, -0.05) is 11.6 Å². The molecule has 3 N–H and O–H groups in total. The minimum Gasteiger partial charge on any atom is -0.478 e. The summed E-state index contributed by atoms with van der Waals surface area (Å²) in [5.74, 6) is -3.08. The molecule has 0 saturated carbocycles. The number of aromatic carboxylic acids is 1. The first-order chi connectivity index (χ1) is 8.40. The molecule has 0 bridgehead atoms. The number of pyridine rings is 1. The van der Waals surface area contributed by atoms with Gasteiger partial charge in [0.05, 0.1) is 5.56 Å². The summed E-state index contributed by atoms with van der Waals surface area (Å²) in [6, 6.07) is 3.23. The van der Waals surface area contributed by atoms with Crippen LogP contribution in [0, 0.1) is 5.82 Å². The summed E-state index contributed by atoms with van der Waals surface area (Å²) in [4.78, 5) is 25.8. The van der Waals surface area contributed by atoms with Gasteiger partial charge in [0.25, 0.3) is 5.91 Å². The molecule has 0 fully saturated rings. The number of hydrogen-bond acceptors (Lipinski definition) is 3. The van der Waals surface area contributed by atoms with E-state index >= 15 is 0 Å². The largest absolute Gasteiger partial charge is 0.478 e. The molecule has 0 atom stereocenters. The standard InChI is InChI=1S/C11H6ClFN2O3/c12-4-1-5-6(11(17)18)3-8(10(14)16)15-9(5)7(13)2-4/h1-3H,(H2,14,16)(H,17,18). The van der Waals surface area contributed by atoms with E-state index in [0.717, 1.165) is 12.1 Å². The van der Waals surface area contributed by atoms with Gasteiger partial charge < -0.3 is 10.8 Å². The van der Waals surface area contributed by atoms with Crippen molar-refractivity contribution >= 4 is 34.4 Å². The molecule has 0 radical (unpaired) electrons. The van der Waals surface area contributed by atoms with Crippen LogP contribution in [0.2, 0.25) is 5.02 Å². The van der Waals surface area contributed by atoms with Crippen LogP contribution < -0.4 is 5.73 Å². The Hall–Kier alpha value is -2.21. The third-order valence-electron chi connectivity index (χ3n) is 2.31. The molecule has 1 heterocycles. The third kappa shape index (κ3) is 1.98. The van der Waals surface area contributed by atoms with E-state index in [-0.39, 0.29) is 27.2 Å². The summed E-state index contributed by atoms with van der Waals surface area (Å²) >= 11 is 5.65. The second-order valence-corrected chi connectivity index (χ2v) is 3.94. The second kappa shape index (κ2) is 4.23. The van der Waals surface area contributed by atoms with Gasteiger partial charge in [-0.05, 0) is 18.2 Å². The number of nitrogens with zero attached hydrogens (tertiary/aromatic N) is 1. The number of nitrogens with two attached hydrogens (primary N) is 1. The zero-order chi connectivity index (χ0) is 13.4. The maximum absolute atomic E-state index is 13.6. The van der Waals surface area contributed by atoms with E-state index in [2.05, 4.69) is 4.98 Å². The number of carboxylic acids is 1. The van der Waals surface area contributed by atoms with E-state index in [9.17, 15) is 14.0 Å². The average molecular weight is 269 g/mol. The zero-order valence-corrected chi connectivity index (χ0v) is 9.53. The van der Waals surface area contributed by atoms with Crippen molar-refractivity contribution in [1.82, 2.24) is 4.98 Å². The Kier molecular flexibility index (Phi) is 2.88. The lowest BCUT2D eigenvalue weighted by molar-refractivity contribution is 0.0699. The van der Waals surface area contributed by atoms with Gasteiger partial charge in [0.1, 0.15) is 11.2 Å². The number of fused-ring (bicyclic) bond motifs is 1. The molecule has 0 spiro atoms. The van der Waals surface area contributed by atoms with Gasteiger partial charge in [-0.2, -0.15) is 0 Å². The highest BCUT2D eigenvalue weighted by Crippen LogP contribution is 2.25. The van der Waals surface area contributed by atoms with E-state index in [0.29, 0.717) is 0 Å². The number of carboxylic acid groups (broad SMARTS) is 1. The molecule has 2 rings (SSSR count). The van der Waals surface area contributed by atoms with Crippen molar-refractivity contribution in [2.24, 2.45) is 5.73 Å². The van der Waals surface area contributed by atoms with Crippen molar-refractivity contribution in [3.63, 3.8) is 0 Å². The van der Waals surface area contributed by atoms with Crippen molar-refractivity contribution in [2.75, 3.05) is 0 Å². The Morgan fingerprint density at radius 1 is 1.33 bits per heavy atom. The first kappa shape index (κ1) is 12.3. The lowest BCUT2D eigenvalue weighted by Gasteiger charge is -2.06. The second-order valence-electron chi connectivity index (χ2n) is 3.51. The fraction of sp³-hybridized carbons (Fsp3) is 0. The Morgan fingerprint density at radius 3 is 2.56 bits per heavy atom. The fourth-order valence-electron chi connectivity index (χ4n) is 1.56. The molecule has 0 aliphatic carbocycles. The topological polar surface area (TPSA) is 93.3 Å². The summed E-state index contributed by atoms with van der Waals surface area (Å²) in [6.45, 7) is 0.